The summed E-state index contributed by atoms with van der Waals surface area (Å²) in [4.78, 5) is 32.0. The highest BCUT2D eigenvalue weighted by atomic mass is 127. The van der Waals surface area contributed by atoms with Crippen molar-refractivity contribution in [3.8, 4) is 17.2 Å². The van der Waals surface area contributed by atoms with Gasteiger partial charge in [0, 0.05) is 10.6 Å². The topological polar surface area (TPSA) is 97.7 Å². The van der Waals surface area contributed by atoms with Crippen molar-refractivity contribution < 1.29 is 28.9 Å². The number of ether oxygens (including phenoxy) is 3. The Labute approximate surface area is 283 Å². The van der Waals surface area contributed by atoms with Gasteiger partial charge in [-0.1, -0.05) is 41.9 Å². The molecular weight excluding hydrogens is 727 g/mol. The Kier molecular flexibility index (Phi) is 10.7. The molecule has 45 heavy (non-hydrogen) atoms. The number of rotatable bonds is 11. The number of methoxy groups -OCH3 is 1. The smallest absolute Gasteiger partial charge is 0.335 e. The SMILES string of the molecule is CCOc1cc(/C=C2\SC(=Nc3ccc(OC)cc3)N(Cc3ccc(C(=O)O)cc3)C2=O)cc(I)c1OCc1ccccc1Cl. The van der Waals surface area contributed by atoms with Gasteiger partial charge in [0.2, 0.25) is 0 Å². The summed E-state index contributed by atoms with van der Waals surface area (Å²) < 4.78 is 18.2. The van der Waals surface area contributed by atoms with Gasteiger partial charge in [-0.2, -0.15) is 0 Å². The van der Waals surface area contributed by atoms with Crippen LogP contribution >= 0.6 is 46.0 Å². The first-order valence-electron chi connectivity index (χ1n) is 13.8. The second-order valence-corrected chi connectivity index (χ2v) is 12.3. The Hall–Kier alpha value is -4.00. The number of nitrogens with zero attached hydrogens (tertiary/aromatic N) is 2. The predicted molar refractivity (Wildman–Crippen MR) is 186 cm³/mol. The highest BCUT2D eigenvalue weighted by Crippen LogP contribution is 2.39. The molecule has 0 radical (unpaired) electrons. The normalized spacial score (nSPS) is 14.7. The maximum absolute atomic E-state index is 13.8. The fourth-order valence-electron chi connectivity index (χ4n) is 4.42. The maximum atomic E-state index is 13.8. The lowest BCUT2D eigenvalue weighted by atomic mass is 10.1. The molecule has 1 aliphatic heterocycles. The van der Waals surface area contributed by atoms with E-state index in [0.717, 1.165) is 20.3 Å². The third kappa shape index (κ3) is 7.99. The van der Waals surface area contributed by atoms with Crippen molar-refractivity contribution in [2.75, 3.05) is 13.7 Å². The van der Waals surface area contributed by atoms with Crippen LogP contribution in [-0.2, 0) is 17.9 Å². The summed E-state index contributed by atoms with van der Waals surface area (Å²) in [5, 5.41) is 10.4. The third-order valence-corrected chi connectivity index (χ3v) is 8.86. The van der Waals surface area contributed by atoms with E-state index in [4.69, 9.17) is 30.8 Å². The first-order valence-corrected chi connectivity index (χ1v) is 16.1. The fourth-order valence-corrected chi connectivity index (χ4v) is 6.39. The zero-order valence-electron chi connectivity index (χ0n) is 24.3. The third-order valence-electron chi connectivity index (χ3n) is 6.69. The molecule has 0 bridgehead atoms. The Morgan fingerprint density at radius 3 is 2.44 bits per heavy atom. The molecule has 4 aromatic carbocycles. The van der Waals surface area contributed by atoms with E-state index < -0.39 is 5.97 Å². The van der Waals surface area contributed by atoms with Crippen LogP contribution in [0.25, 0.3) is 6.08 Å². The van der Waals surface area contributed by atoms with E-state index in [9.17, 15) is 14.7 Å². The monoisotopic (exact) mass is 754 g/mol. The minimum atomic E-state index is -1.01. The lowest BCUT2D eigenvalue weighted by Gasteiger charge is -2.16. The largest absolute Gasteiger partial charge is 0.497 e. The number of hydrogen-bond donors (Lipinski definition) is 1. The van der Waals surface area contributed by atoms with E-state index in [2.05, 4.69) is 22.6 Å². The van der Waals surface area contributed by atoms with Crippen molar-refractivity contribution in [3.05, 3.63) is 121 Å². The molecule has 1 aliphatic rings. The zero-order valence-corrected chi connectivity index (χ0v) is 28.1. The number of carbonyl (C=O) groups excluding carboxylic acids is 1. The standard InChI is InChI=1S/C34H28ClIN2O6S/c1-3-43-29-17-22(16-28(36)31(29)44-20-24-6-4-5-7-27(24)35)18-30-32(39)38(19-21-8-10-23(11-9-21)33(40)41)34(45-30)37-25-12-14-26(42-2)15-13-25/h4-18H,3,19-20H2,1-2H3,(H,40,41)/b30-18-,37-34?. The van der Waals surface area contributed by atoms with Crippen LogP contribution in [0.3, 0.4) is 0 Å². The van der Waals surface area contributed by atoms with E-state index in [1.54, 1.807) is 36.3 Å². The van der Waals surface area contributed by atoms with Gasteiger partial charge in [-0.25, -0.2) is 9.79 Å². The van der Waals surface area contributed by atoms with Crippen LogP contribution in [0.4, 0.5) is 5.69 Å². The molecule has 0 aliphatic carbocycles. The molecule has 1 fully saturated rings. The number of aromatic carboxylic acids is 1. The van der Waals surface area contributed by atoms with Gasteiger partial charge in [-0.15, -0.1) is 0 Å². The van der Waals surface area contributed by atoms with Gasteiger partial charge in [-0.3, -0.25) is 9.69 Å². The number of amides is 1. The van der Waals surface area contributed by atoms with Crippen molar-refractivity contribution in [2.45, 2.75) is 20.1 Å². The van der Waals surface area contributed by atoms with Gasteiger partial charge in [0.15, 0.2) is 16.7 Å². The molecule has 0 saturated carbocycles. The number of carboxylic acids is 1. The summed E-state index contributed by atoms with van der Waals surface area (Å²) in [6.45, 7) is 2.82. The zero-order chi connectivity index (χ0) is 31.9. The van der Waals surface area contributed by atoms with Gasteiger partial charge in [0.1, 0.15) is 12.4 Å². The van der Waals surface area contributed by atoms with Gasteiger partial charge in [0.05, 0.1) is 40.0 Å². The minimum absolute atomic E-state index is 0.174. The average molecular weight is 755 g/mol. The molecule has 0 spiro atoms. The molecule has 8 nitrogen and oxygen atoms in total. The summed E-state index contributed by atoms with van der Waals surface area (Å²) >= 11 is 9.79. The molecule has 11 heteroatoms. The van der Waals surface area contributed by atoms with Crippen LogP contribution in [0.1, 0.15) is 34.0 Å². The molecule has 0 aromatic heterocycles. The number of thioether (sulfide) groups is 1. The van der Waals surface area contributed by atoms with Gasteiger partial charge < -0.3 is 19.3 Å². The lowest BCUT2D eigenvalue weighted by Crippen LogP contribution is -2.28. The highest BCUT2D eigenvalue weighted by Gasteiger charge is 2.34. The molecule has 0 unspecified atom stereocenters. The minimum Gasteiger partial charge on any atom is -0.497 e. The predicted octanol–water partition coefficient (Wildman–Crippen LogP) is 8.43. The Morgan fingerprint density at radius 1 is 1.04 bits per heavy atom. The van der Waals surface area contributed by atoms with E-state index in [0.29, 0.717) is 44.6 Å². The summed E-state index contributed by atoms with van der Waals surface area (Å²) in [5.41, 5.74) is 3.23. The summed E-state index contributed by atoms with van der Waals surface area (Å²) in [6, 6.07) is 25.0. The number of halogens is 2. The number of aliphatic imine (C=N–C) groups is 1. The first-order chi connectivity index (χ1) is 21.7. The molecule has 230 valence electrons. The van der Waals surface area contributed by atoms with Crippen molar-refractivity contribution >= 4 is 74.8 Å². The molecule has 5 rings (SSSR count). The van der Waals surface area contributed by atoms with Crippen LogP contribution in [-0.4, -0.2) is 40.8 Å². The van der Waals surface area contributed by atoms with Crippen molar-refractivity contribution in [3.63, 3.8) is 0 Å². The quantitative estimate of drug-likeness (QED) is 0.121. The van der Waals surface area contributed by atoms with E-state index in [1.165, 1.54) is 23.9 Å². The molecule has 1 N–H and O–H groups in total. The fraction of sp³-hybridized carbons (Fsp3) is 0.147. The average Bonchev–Trinajstić information content (AvgIpc) is 3.31. The van der Waals surface area contributed by atoms with Crippen LogP contribution < -0.4 is 14.2 Å². The van der Waals surface area contributed by atoms with Gasteiger partial charge in [-0.05, 0) is 113 Å². The van der Waals surface area contributed by atoms with Crippen molar-refractivity contribution in [1.82, 2.24) is 4.90 Å². The summed E-state index contributed by atoms with van der Waals surface area (Å²) in [6.07, 6.45) is 1.81. The number of amidine groups is 1. The maximum Gasteiger partial charge on any atom is 0.335 e. The second-order valence-electron chi connectivity index (χ2n) is 9.74. The van der Waals surface area contributed by atoms with Crippen LogP contribution in [0, 0.1) is 3.57 Å². The summed E-state index contributed by atoms with van der Waals surface area (Å²) in [5.74, 6) is 0.618. The van der Waals surface area contributed by atoms with Crippen LogP contribution in [0.15, 0.2) is 94.8 Å². The number of carboxylic acid groups (broad SMARTS) is 1. The van der Waals surface area contributed by atoms with Gasteiger partial charge >= 0.3 is 5.97 Å². The summed E-state index contributed by atoms with van der Waals surface area (Å²) in [7, 11) is 1.59. The van der Waals surface area contributed by atoms with Crippen molar-refractivity contribution in [2.24, 2.45) is 4.99 Å². The second kappa shape index (κ2) is 14.9. The molecule has 0 atom stereocenters. The lowest BCUT2D eigenvalue weighted by molar-refractivity contribution is -0.122. The van der Waals surface area contributed by atoms with Crippen molar-refractivity contribution in [1.29, 1.82) is 0 Å². The Bertz CT molecular complexity index is 1780. The number of benzene rings is 4. The number of hydrogen-bond acceptors (Lipinski definition) is 7. The molecular formula is C34H28ClIN2O6S. The van der Waals surface area contributed by atoms with E-state index >= 15 is 0 Å². The van der Waals surface area contributed by atoms with E-state index in [-0.39, 0.29) is 24.6 Å². The van der Waals surface area contributed by atoms with Gasteiger partial charge in [0.25, 0.3) is 5.91 Å². The molecule has 1 heterocycles. The van der Waals surface area contributed by atoms with Crippen LogP contribution in [0.5, 0.6) is 17.2 Å². The molecule has 1 amide bonds. The molecule has 1 saturated heterocycles. The highest BCUT2D eigenvalue weighted by molar-refractivity contribution is 14.1. The van der Waals surface area contributed by atoms with E-state index in [1.807, 2.05) is 61.5 Å². The molecule has 4 aromatic rings. The van der Waals surface area contributed by atoms with Crippen LogP contribution in [0.2, 0.25) is 5.02 Å². The first kappa shape index (κ1) is 32.4. The Balaban J connectivity index is 1.46. The number of carbonyl (C=O) groups is 2. The Morgan fingerprint density at radius 2 is 1.78 bits per heavy atom.